The zero-order valence-electron chi connectivity index (χ0n) is 18.8. The van der Waals surface area contributed by atoms with E-state index in [0.717, 1.165) is 23.4 Å². The minimum atomic E-state index is -4.92. The fourth-order valence-electron chi connectivity index (χ4n) is 4.82. The summed E-state index contributed by atoms with van der Waals surface area (Å²) in [7, 11) is 0. The molecule has 3 atom stereocenters. The number of fused-ring (bicyclic) bond motifs is 2. The second-order valence-electron chi connectivity index (χ2n) is 9.11. The number of hydrogen-bond donors (Lipinski definition) is 2. The van der Waals surface area contributed by atoms with E-state index >= 15 is 0 Å². The quantitative estimate of drug-likeness (QED) is 0.431. The highest BCUT2D eigenvalue weighted by molar-refractivity contribution is 6.30. The number of carboxylic acid groups (broad SMARTS) is 1. The van der Waals surface area contributed by atoms with Crippen LogP contribution in [0, 0.1) is 11.8 Å². The summed E-state index contributed by atoms with van der Waals surface area (Å²) in [6.07, 6.45) is -2.11. The maximum Gasteiger partial charge on any atom is 0.425 e. The summed E-state index contributed by atoms with van der Waals surface area (Å²) >= 11 is 12.0. The van der Waals surface area contributed by atoms with Gasteiger partial charge in [0.05, 0.1) is 16.8 Å². The van der Waals surface area contributed by atoms with Crippen molar-refractivity contribution in [3.8, 4) is 0 Å². The summed E-state index contributed by atoms with van der Waals surface area (Å²) in [6, 6.07) is 3.59. The zero-order valence-corrected chi connectivity index (χ0v) is 20.3. The topological polar surface area (TPSA) is 99.8 Å². The SMILES string of the molecule is C[C@@H](Nc1ccc(Cl)nc1C(=O)O)c1cc(Cl)cn2c(=O)c(C(F)(F)F)c(N3CCC4CC4C3)nc12. The number of nitrogens with one attached hydrogen (secondary N) is 1. The van der Waals surface area contributed by atoms with E-state index in [2.05, 4.69) is 15.3 Å². The van der Waals surface area contributed by atoms with E-state index in [1.165, 1.54) is 18.2 Å². The molecule has 1 saturated heterocycles. The van der Waals surface area contributed by atoms with E-state index in [9.17, 15) is 27.9 Å². The van der Waals surface area contributed by atoms with Gasteiger partial charge in [-0.3, -0.25) is 9.20 Å². The van der Waals surface area contributed by atoms with Crippen molar-refractivity contribution in [1.29, 1.82) is 0 Å². The van der Waals surface area contributed by atoms with Gasteiger partial charge in [0.25, 0.3) is 5.56 Å². The monoisotopic (exact) mass is 541 g/mol. The predicted molar refractivity (Wildman–Crippen MR) is 128 cm³/mol. The lowest BCUT2D eigenvalue weighted by Crippen LogP contribution is -2.38. The van der Waals surface area contributed by atoms with Crippen LogP contribution in [0.15, 0.2) is 29.2 Å². The lowest BCUT2D eigenvalue weighted by molar-refractivity contribution is -0.138. The van der Waals surface area contributed by atoms with Gasteiger partial charge in [0, 0.05) is 24.8 Å². The number of halogens is 5. The van der Waals surface area contributed by atoms with Gasteiger partial charge >= 0.3 is 12.1 Å². The molecule has 0 amide bonds. The fraction of sp³-hybridized carbons (Fsp3) is 0.391. The van der Waals surface area contributed by atoms with Gasteiger partial charge in [-0.15, -0.1) is 0 Å². The number of carbonyl (C=O) groups is 1. The summed E-state index contributed by atoms with van der Waals surface area (Å²) in [5.41, 5.74) is -2.51. The molecule has 3 aromatic heterocycles. The van der Waals surface area contributed by atoms with Crippen molar-refractivity contribution in [2.45, 2.75) is 32.0 Å². The van der Waals surface area contributed by atoms with Crippen LogP contribution in [-0.4, -0.2) is 38.5 Å². The summed E-state index contributed by atoms with van der Waals surface area (Å²) in [5.74, 6) is -0.893. The molecule has 2 unspecified atom stereocenters. The van der Waals surface area contributed by atoms with Crippen molar-refractivity contribution in [3.63, 3.8) is 0 Å². The normalized spacial score (nSPS) is 20.2. The molecule has 1 aliphatic carbocycles. The van der Waals surface area contributed by atoms with Crippen LogP contribution in [0.5, 0.6) is 0 Å². The number of piperidine rings is 1. The van der Waals surface area contributed by atoms with Gasteiger partial charge in [-0.05, 0) is 49.8 Å². The lowest BCUT2D eigenvalue weighted by atomic mass is 10.1. The molecule has 3 aromatic rings. The van der Waals surface area contributed by atoms with E-state index in [4.69, 9.17) is 23.2 Å². The van der Waals surface area contributed by atoms with Gasteiger partial charge in [0.1, 0.15) is 16.6 Å². The van der Waals surface area contributed by atoms with Gasteiger partial charge < -0.3 is 15.3 Å². The van der Waals surface area contributed by atoms with Crippen LogP contribution in [-0.2, 0) is 6.18 Å². The Morgan fingerprint density at radius 1 is 1.25 bits per heavy atom. The van der Waals surface area contributed by atoms with E-state index in [0.29, 0.717) is 30.5 Å². The molecule has 190 valence electrons. The molecule has 4 heterocycles. The third kappa shape index (κ3) is 4.45. The minimum Gasteiger partial charge on any atom is -0.476 e. The van der Waals surface area contributed by atoms with Gasteiger partial charge in [0.2, 0.25) is 0 Å². The molecule has 0 spiro atoms. The third-order valence-corrected chi connectivity index (χ3v) is 7.10. The number of alkyl halides is 3. The molecule has 2 fully saturated rings. The number of anilines is 2. The first-order valence-corrected chi connectivity index (χ1v) is 11.9. The molecule has 1 aliphatic heterocycles. The van der Waals surface area contributed by atoms with Crippen LogP contribution < -0.4 is 15.8 Å². The molecule has 8 nitrogen and oxygen atoms in total. The Morgan fingerprint density at radius 3 is 2.67 bits per heavy atom. The van der Waals surface area contributed by atoms with Gasteiger partial charge in [-0.25, -0.2) is 14.8 Å². The second-order valence-corrected chi connectivity index (χ2v) is 9.94. The van der Waals surface area contributed by atoms with Gasteiger partial charge in [-0.1, -0.05) is 23.2 Å². The van der Waals surface area contributed by atoms with Crippen molar-refractivity contribution < 1.29 is 23.1 Å². The van der Waals surface area contributed by atoms with Crippen LogP contribution in [0.4, 0.5) is 24.7 Å². The first-order valence-electron chi connectivity index (χ1n) is 11.2. The van der Waals surface area contributed by atoms with Crippen LogP contribution in [0.3, 0.4) is 0 Å². The Morgan fingerprint density at radius 2 is 2.00 bits per heavy atom. The van der Waals surface area contributed by atoms with Crippen LogP contribution in [0.25, 0.3) is 5.65 Å². The minimum absolute atomic E-state index is 0.0101. The molecule has 36 heavy (non-hydrogen) atoms. The van der Waals surface area contributed by atoms with Crippen molar-refractivity contribution in [3.05, 3.63) is 61.7 Å². The van der Waals surface area contributed by atoms with Crippen LogP contribution in [0.2, 0.25) is 10.2 Å². The van der Waals surface area contributed by atoms with Crippen molar-refractivity contribution in [1.82, 2.24) is 14.4 Å². The van der Waals surface area contributed by atoms with Gasteiger partial charge in [-0.2, -0.15) is 13.2 Å². The Balaban J connectivity index is 1.66. The first-order chi connectivity index (χ1) is 16.9. The number of pyridine rings is 2. The third-order valence-electron chi connectivity index (χ3n) is 6.68. The number of hydrogen-bond acceptors (Lipinski definition) is 6. The zero-order chi connectivity index (χ0) is 25.9. The number of carboxylic acids is 1. The highest BCUT2D eigenvalue weighted by atomic mass is 35.5. The average Bonchev–Trinajstić information content (AvgIpc) is 3.58. The molecule has 0 radical (unpaired) electrons. The van der Waals surface area contributed by atoms with Crippen LogP contribution in [0.1, 0.15) is 47.4 Å². The maximum atomic E-state index is 14.1. The molecule has 1 saturated carbocycles. The van der Waals surface area contributed by atoms with Gasteiger partial charge in [0.15, 0.2) is 11.3 Å². The standard InChI is InChI=1S/C23H20Cl2F3N5O3/c1-10(29-15-2-3-16(25)30-18(15)22(35)36)14-7-13(24)9-33-19(14)31-20(17(21(33)34)23(26,27)28)32-5-4-11-6-12(11)8-32/h2-3,7,9-12,29H,4-6,8H2,1H3,(H,35,36)/t10-,11?,12?/m1/s1. The molecule has 0 aromatic carbocycles. The highest BCUT2D eigenvalue weighted by Crippen LogP contribution is 2.46. The Hall–Kier alpha value is -3.05. The van der Waals surface area contributed by atoms with Crippen molar-refractivity contribution in [2.24, 2.45) is 11.8 Å². The van der Waals surface area contributed by atoms with E-state index in [1.54, 1.807) is 11.8 Å². The second kappa shape index (κ2) is 8.81. The summed E-state index contributed by atoms with van der Waals surface area (Å²) in [6.45, 7) is 2.43. The average molecular weight is 542 g/mol. The number of nitrogens with zero attached hydrogens (tertiary/aromatic N) is 4. The maximum absolute atomic E-state index is 14.1. The summed E-state index contributed by atoms with van der Waals surface area (Å²) in [5, 5.41) is 12.5. The first kappa shape index (κ1) is 24.6. The van der Waals surface area contributed by atoms with E-state index in [1.807, 2.05) is 0 Å². The molecule has 2 N–H and O–H groups in total. The number of aromatic nitrogens is 3. The Labute approximate surface area is 212 Å². The highest BCUT2D eigenvalue weighted by Gasteiger charge is 2.46. The van der Waals surface area contributed by atoms with Crippen molar-refractivity contribution >= 4 is 46.3 Å². The van der Waals surface area contributed by atoms with Crippen molar-refractivity contribution in [2.75, 3.05) is 23.3 Å². The smallest absolute Gasteiger partial charge is 0.425 e. The molecule has 5 rings (SSSR count). The Bertz CT molecular complexity index is 1450. The number of aromatic carboxylic acids is 1. The summed E-state index contributed by atoms with van der Waals surface area (Å²) < 4.78 is 43.1. The van der Waals surface area contributed by atoms with E-state index < -0.39 is 35.1 Å². The van der Waals surface area contributed by atoms with Crippen LogP contribution >= 0.6 is 23.2 Å². The Kier molecular flexibility index (Phi) is 6.03. The fourth-order valence-corrected chi connectivity index (χ4v) is 5.18. The number of rotatable bonds is 5. The molecule has 2 aliphatic rings. The largest absolute Gasteiger partial charge is 0.476 e. The summed E-state index contributed by atoms with van der Waals surface area (Å²) in [4.78, 5) is 34.6. The predicted octanol–water partition coefficient (Wildman–Crippen LogP) is 5.13. The van der Waals surface area contributed by atoms with E-state index in [-0.39, 0.29) is 27.2 Å². The lowest BCUT2D eigenvalue weighted by Gasteiger charge is -2.30. The molecule has 0 bridgehead atoms. The molecule has 13 heteroatoms. The molecular weight excluding hydrogens is 522 g/mol. The molecular formula is C23H20Cl2F3N5O3.